The van der Waals surface area contributed by atoms with Gasteiger partial charge in [0.25, 0.3) is 0 Å². The molecule has 2 aromatic carbocycles. The predicted molar refractivity (Wildman–Crippen MR) is 110 cm³/mol. The molecule has 0 fully saturated rings. The first-order valence-electron chi connectivity index (χ1n) is 7.44. The van der Waals surface area contributed by atoms with E-state index in [0.717, 1.165) is 19.0 Å². The molecule has 0 spiro atoms. The van der Waals surface area contributed by atoms with Crippen molar-refractivity contribution < 1.29 is 0 Å². The molecule has 23 heavy (non-hydrogen) atoms. The number of nitrogens with zero attached hydrogens (tertiary/aromatic N) is 2. The first kappa shape index (κ1) is 19.3. The summed E-state index contributed by atoms with van der Waals surface area (Å²) in [6.07, 6.45) is 0. The summed E-state index contributed by atoms with van der Waals surface area (Å²) < 4.78 is 0. The Hall–Kier alpha value is -1.76. The number of hydrogen-bond donors (Lipinski definition) is 2. The third-order valence-corrected chi connectivity index (χ3v) is 3.44. The van der Waals surface area contributed by atoms with Crippen LogP contribution in [-0.4, -0.2) is 27.1 Å². The highest BCUT2D eigenvalue weighted by molar-refractivity contribution is 14.0. The molecule has 0 radical (unpaired) electrons. The number of rotatable bonds is 5. The van der Waals surface area contributed by atoms with Gasteiger partial charge >= 0.3 is 0 Å². The summed E-state index contributed by atoms with van der Waals surface area (Å²) in [5.41, 5.74) is 3.67. The molecule has 2 aromatic rings. The Bertz CT molecular complexity index is 594. The van der Waals surface area contributed by atoms with Gasteiger partial charge in [0.05, 0.1) is 0 Å². The minimum absolute atomic E-state index is 0. The fourth-order valence-electron chi connectivity index (χ4n) is 2.10. The largest absolute Gasteiger partial charge is 0.378 e. The van der Waals surface area contributed by atoms with E-state index in [4.69, 9.17) is 0 Å². The normalized spacial score (nSPS) is 10.7. The zero-order valence-corrected chi connectivity index (χ0v) is 16.2. The first-order chi connectivity index (χ1) is 10.7. The van der Waals surface area contributed by atoms with Crippen molar-refractivity contribution in [2.24, 2.45) is 4.99 Å². The van der Waals surface area contributed by atoms with Crippen molar-refractivity contribution in [1.82, 2.24) is 10.6 Å². The van der Waals surface area contributed by atoms with Crippen LogP contribution in [0.15, 0.2) is 59.6 Å². The quantitative estimate of drug-likeness (QED) is 0.440. The number of guanidine groups is 1. The molecule has 0 aliphatic rings. The van der Waals surface area contributed by atoms with E-state index in [1.54, 1.807) is 7.05 Å². The fourth-order valence-corrected chi connectivity index (χ4v) is 2.10. The second kappa shape index (κ2) is 10.1. The molecular formula is C18H25IN4. The standard InChI is InChI=1S/C18H24N4.HI/c1-19-18(20-13-15-7-5-4-6-8-15)21-14-16-9-11-17(12-10-16)22(2)3;/h4-12H,13-14H2,1-3H3,(H2,19,20,21);1H. The van der Waals surface area contributed by atoms with E-state index in [-0.39, 0.29) is 24.0 Å². The number of hydrogen-bond acceptors (Lipinski definition) is 2. The van der Waals surface area contributed by atoms with E-state index in [0.29, 0.717) is 0 Å². The Morgan fingerprint density at radius 1 is 0.870 bits per heavy atom. The van der Waals surface area contributed by atoms with Crippen molar-refractivity contribution in [1.29, 1.82) is 0 Å². The monoisotopic (exact) mass is 424 g/mol. The van der Waals surface area contributed by atoms with Crippen LogP contribution in [0.2, 0.25) is 0 Å². The summed E-state index contributed by atoms with van der Waals surface area (Å²) in [5.74, 6) is 0.806. The molecule has 5 heteroatoms. The lowest BCUT2D eigenvalue weighted by Gasteiger charge is -2.14. The van der Waals surface area contributed by atoms with Crippen LogP contribution < -0.4 is 15.5 Å². The van der Waals surface area contributed by atoms with Crippen molar-refractivity contribution in [2.75, 3.05) is 26.0 Å². The van der Waals surface area contributed by atoms with Gasteiger partial charge in [0.15, 0.2) is 5.96 Å². The van der Waals surface area contributed by atoms with Crippen molar-refractivity contribution in [3.05, 3.63) is 65.7 Å². The number of nitrogens with one attached hydrogen (secondary N) is 2. The number of benzene rings is 2. The lowest BCUT2D eigenvalue weighted by Crippen LogP contribution is -2.36. The average Bonchev–Trinajstić information content (AvgIpc) is 2.56. The van der Waals surface area contributed by atoms with Gasteiger partial charge in [-0.15, -0.1) is 24.0 Å². The molecule has 0 aliphatic heterocycles. The van der Waals surface area contributed by atoms with Gasteiger partial charge in [-0.1, -0.05) is 42.5 Å². The van der Waals surface area contributed by atoms with Gasteiger partial charge < -0.3 is 15.5 Å². The maximum absolute atomic E-state index is 4.25. The van der Waals surface area contributed by atoms with E-state index in [9.17, 15) is 0 Å². The molecule has 2 rings (SSSR count). The second-order valence-electron chi connectivity index (χ2n) is 5.33. The minimum atomic E-state index is 0. The van der Waals surface area contributed by atoms with Crippen LogP contribution in [0.25, 0.3) is 0 Å². The molecule has 0 unspecified atom stereocenters. The van der Waals surface area contributed by atoms with E-state index in [2.05, 4.69) is 56.9 Å². The fraction of sp³-hybridized carbons (Fsp3) is 0.278. The highest BCUT2D eigenvalue weighted by atomic mass is 127. The van der Waals surface area contributed by atoms with Gasteiger partial charge in [0, 0.05) is 39.9 Å². The van der Waals surface area contributed by atoms with Crippen LogP contribution in [-0.2, 0) is 13.1 Å². The van der Waals surface area contributed by atoms with Gasteiger partial charge in [-0.3, -0.25) is 4.99 Å². The number of anilines is 1. The zero-order chi connectivity index (χ0) is 15.8. The number of halogens is 1. The molecule has 0 heterocycles. The molecule has 0 atom stereocenters. The Labute approximate surface area is 156 Å². The van der Waals surface area contributed by atoms with E-state index >= 15 is 0 Å². The van der Waals surface area contributed by atoms with Crippen molar-refractivity contribution in [3.63, 3.8) is 0 Å². The SMILES string of the molecule is CN=C(NCc1ccccc1)NCc1ccc(N(C)C)cc1.I. The summed E-state index contributed by atoms with van der Waals surface area (Å²) in [6, 6.07) is 18.8. The number of aliphatic imine (C=N–C) groups is 1. The third kappa shape index (κ3) is 6.48. The molecule has 124 valence electrons. The molecule has 0 bridgehead atoms. The summed E-state index contributed by atoms with van der Waals surface area (Å²) >= 11 is 0. The van der Waals surface area contributed by atoms with Crippen LogP contribution in [0.4, 0.5) is 5.69 Å². The molecular weight excluding hydrogens is 399 g/mol. The highest BCUT2D eigenvalue weighted by Crippen LogP contribution is 2.11. The van der Waals surface area contributed by atoms with Crippen LogP contribution in [0, 0.1) is 0 Å². The van der Waals surface area contributed by atoms with Gasteiger partial charge in [-0.2, -0.15) is 0 Å². The van der Waals surface area contributed by atoms with Crippen molar-refractivity contribution in [2.45, 2.75) is 13.1 Å². The van der Waals surface area contributed by atoms with Gasteiger partial charge in [-0.05, 0) is 23.3 Å². The lowest BCUT2D eigenvalue weighted by molar-refractivity contribution is 0.809. The maximum Gasteiger partial charge on any atom is 0.191 e. The Balaban J connectivity index is 0.00000264. The zero-order valence-electron chi connectivity index (χ0n) is 13.9. The minimum Gasteiger partial charge on any atom is -0.378 e. The van der Waals surface area contributed by atoms with Crippen LogP contribution in [0.1, 0.15) is 11.1 Å². The van der Waals surface area contributed by atoms with Crippen LogP contribution in [0.5, 0.6) is 0 Å². The molecule has 0 amide bonds. The van der Waals surface area contributed by atoms with E-state index in [1.807, 2.05) is 32.3 Å². The van der Waals surface area contributed by atoms with Crippen molar-refractivity contribution >= 4 is 35.6 Å². The lowest BCUT2D eigenvalue weighted by atomic mass is 10.2. The Morgan fingerprint density at radius 2 is 1.39 bits per heavy atom. The third-order valence-electron chi connectivity index (χ3n) is 3.44. The second-order valence-corrected chi connectivity index (χ2v) is 5.33. The van der Waals surface area contributed by atoms with Gasteiger partial charge in [-0.25, -0.2) is 0 Å². The summed E-state index contributed by atoms with van der Waals surface area (Å²) in [5, 5.41) is 6.65. The van der Waals surface area contributed by atoms with E-state index < -0.39 is 0 Å². The molecule has 2 N–H and O–H groups in total. The summed E-state index contributed by atoms with van der Waals surface area (Å²) in [4.78, 5) is 6.34. The van der Waals surface area contributed by atoms with Crippen molar-refractivity contribution in [3.8, 4) is 0 Å². The topological polar surface area (TPSA) is 39.7 Å². The van der Waals surface area contributed by atoms with Gasteiger partial charge in [0.2, 0.25) is 0 Å². The molecule has 0 aliphatic carbocycles. The Morgan fingerprint density at radius 3 is 1.87 bits per heavy atom. The summed E-state index contributed by atoms with van der Waals surface area (Å²) in [6.45, 7) is 1.52. The highest BCUT2D eigenvalue weighted by Gasteiger charge is 2.00. The molecule has 0 aromatic heterocycles. The molecule has 4 nitrogen and oxygen atoms in total. The van der Waals surface area contributed by atoms with Gasteiger partial charge in [0.1, 0.15) is 0 Å². The van der Waals surface area contributed by atoms with Crippen LogP contribution >= 0.6 is 24.0 Å². The molecule has 0 saturated carbocycles. The predicted octanol–water partition coefficient (Wildman–Crippen LogP) is 3.24. The maximum atomic E-state index is 4.25. The average molecular weight is 424 g/mol. The molecule has 0 saturated heterocycles. The summed E-state index contributed by atoms with van der Waals surface area (Å²) in [7, 11) is 5.88. The van der Waals surface area contributed by atoms with E-state index in [1.165, 1.54) is 16.8 Å². The Kier molecular flexibility index (Phi) is 8.47. The van der Waals surface area contributed by atoms with Crippen LogP contribution in [0.3, 0.4) is 0 Å². The first-order valence-corrected chi connectivity index (χ1v) is 7.44. The smallest absolute Gasteiger partial charge is 0.191 e.